The molecule has 3 heterocycles. The summed E-state index contributed by atoms with van der Waals surface area (Å²) in [6, 6.07) is 0. The van der Waals surface area contributed by atoms with Gasteiger partial charge in [-0.25, -0.2) is 9.97 Å². The minimum Gasteiger partial charge on any atom is -0.390 e. The first-order valence-electron chi connectivity index (χ1n) is 13.3. The molecule has 2 amide bonds. The van der Waals surface area contributed by atoms with Gasteiger partial charge in [-0.1, -0.05) is 20.8 Å². The zero-order valence-electron chi connectivity index (χ0n) is 23.0. The first-order chi connectivity index (χ1) is 17.4. The number of anilines is 1. The van der Waals surface area contributed by atoms with Crippen LogP contribution >= 0.6 is 0 Å². The predicted molar refractivity (Wildman–Crippen MR) is 140 cm³/mol. The second-order valence-electron chi connectivity index (χ2n) is 11.8. The van der Waals surface area contributed by atoms with E-state index in [4.69, 9.17) is 4.74 Å². The van der Waals surface area contributed by atoms with Crippen LogP contribution in [0.4, 0.5) is 5.82 Å². The molecule has 10 heteroatoms. The smallest absolute Gasteiger partial charge is 0.227 e. The maximum Gasteiger partial charge on any atom is 0.227 e. The van der Waals surface area contributed by atoms with Crippen molar-refractivity contribution in [1.82, 2.24) is 19.8 Å². The number of ether oxygens (including phenoxy) is 1. The van der Waals surface area contributed by atoms with E-state index in [1.165, 1.54) is 0 Å². The standard InChI is InChI=1S/C27H43N5O5/c1-26(2,3)25-29-15-21(23(30-25)28-9-6-12-37-5)22(34)14-19-13-20(17-31(16-19)18-33)24(35)32-10-7-27(4,36)8-11-32/h15,18-20,36H,6-14,16-17H2,1-5H3,(H,28,29,30). The molecule has 0 spiro atoms. The molecule has 10 nitrogen and oxygen atoms in total. The predicted octanol–water partition coefficient (Wildman–Crippen LogP) is 2.26. The van der Waals surface area contributed by atoms with Gasteiger partial charge in [0.25, 0.3) is 0 Å². The number of Topliss-reactive ketones (excluding diaryl/α,β-unsaturated/α-hetero) is 1. The van der Waals surface area contributed by atoms with E-state index in [2.05, 4.69) is 15.3 Å². The number of aliphatic hydroxyl groups is 1. The van der Waals surface area contributed by atoms with Crippen LogP contribution in [-0.2, 0) is 19.7 Å². The van der Waals surface area contributed by atoms with Gasteiger partial charge in [-0.15, -0.1) is 0 Å². The van der Waals surface area contributed by atoms with Gasteiger partial charge in [0, 0.05) is 64.5 Å². The summed E-state index contributed by atoms with van der Waals surface area (Å²) in [5.74, 6) is 0.555. The van der Waals surface area contributed by atoms with E-state index in [0.717, 1.165) is 12.8 Å². The quantitative estimate of drug-likeness (QED) is 0.275. The molecule has 1 aromatic heterocycles. The molecule has 2 saturated heterocycles. The molecule has 2 unspecified atom stereocenters. The van der Waals surface area contributed by atoms with Crippen LogP contribution in [0.1, 0.15) is 76.0 Å². The SMILES string of the molecule is COCCCNc1nc(C(C)(C)C)ncc1C(=O)CC1CC(C(=O)N2CCC(C)(O)CC2)CN(C=O)C1. The molecule has 206 valence electrons. The van der Waals surface area contributed by atoms with Crippen LogP contribution in [0.25, 0.3) is 0 Å². The Kier molecular flexibility index (Phi) is 9.63. The number of carbonyl (C=O) groups is 3. The van der Waals surface area contributed by atoms with Crippen LogP contribution in [-0.4, -0.2) is 95.0 Å². The Hall–Kier alpha value is -2.59. The zero-order chi connectivity index (χ0) is 27.2. The van der Waals surface area contributed by atoms with E-state index in [-0.39, 0.29) is 35.4 Å². The van der Waals surface area contributed by atoms with E-state index >= 15 is 0 Å². The highest BCUT2D eigenvalue weighted by Crippen LogP contribution is 2.30. The lowest BCUT2D eigenvalue weighted by Crippen LogP contribution is -2.51. The third-order valence-corrected chi connectivity index (χ3v) is 7.27. The Morgan fingerprint density at radius 3 is 2.59 bits per heavy atom. The molecule has 2 aliphatic rings. The van der Waals surface area contributed by atoms with Crippen LogP contribution in [0.2, 0.25) is 0 Å². The van der Waals surface area contributed by atoms with Crippen molar-refractivity contribution < 1.29 is 24.2 Å². The van der Waals surface area contributed by atoms with Crippen molar-refractivity contribution in [1.29, 1.82) is 0 Å². The Labute approximate surface area is 220 Å². The first kappa shape index (κ1) is 29.0. The maximum absolute atomic E-state index is 13.5. The number of nitrogens with one attached hydrogen (secondary N) is 1. The summed E-state index contributed by atoms with van der Waals surface area (Å²) < 4.78 is 5.12. The number of nitrogens with zero attached hydrogens (tertiary/aromatic N) is 4. The Morgan fingerprint density at radius 1 is 1.27 bits per heavy atom. The van der Waals surface area contributed by atoms with E-state index < -0.39 is 5.60 Å². The van der Waals surface area contributed by atoms with Gasteiger partial charge in [-0.05, 0) is 38.5 Å². The lowest BCUT2D eigenvalue weighted by Gasteiger charge is -2.40. The number of amides is 2. The second-order valence-corrected chi connectivity index (χ2v) is 11.8. The summed E-state index contributed by atoms with van der Waals surface area (Å²) in [6.45, 7) is 10.9. The summed E-state index contributed by atoms with van der Waals surface area (Å²) in [5.41, 5.74) is -0.587. The Bertz CT molecular complexity index is 951. The fraction of sp³-hybridized carbons (Fsp3) is 0.741. The topological polar surface area (TPSA) is 125 Å². The minimum absolute atomic E-state index is 0.00198. The summed E-state index contributed by atoms with van der Waals surface area (Å²) in [4.78, 5) is 50.9. The number of aromatic nitrogens is 2. The number of hydrogen-bond donors (Lipinski definition) is 2. The lowest BCUT2D eigenvalue weighted by molar-refractivity contribution is -0.142. The number of ketones is 1. The van der Waals surface area contributed by atoms with Crippen molar-refractivity contribution in [2.24, 2.45) is 11.8 Å². The van der Waals surface area contributed by atoms with Gasteiger partial charge in [0.05, 0.1) is 17.1 Å². The van der Waals surface area contributed by atoms with Crippen LogP contribution in [0.5, 0.6) is 0 Å². The number of hydrogen-bond acceptors (Lipinski definition) is 8. The van der Waals surface area contributed by atoms with Gasteiger partial charge in [-0.2, -0.15) is 0 Å². The summed E-state index contributed by atoms with van der Waals surface area (Å²) >= 11 is 0. The summed E-state index contributed by atoms with van der Waals surface area (Å²) in [7, 11) is 1.65. The molecule has 2 atom stereocenters. The molecule has 2 aliphatic heterocycles. The molecular formula is C27H43N5O5. The fourth-order valence-electron chi connectivity index (χ4n) is 5.00. The molecule has 1 aromatic rings. The van der Waals surface area contributed by atoms with Gasteiger partial charge in [0.1, 0.15) is 11.6 Å². The van der Waals surface area contributed by atoms with Gasteiger partial charge in [0.15, 0.2) is 5.78 Å². The van der Waals surface area contributed by atoms with Crippen molar-refractivity contribution in [2.45, 2.75) is 70.8 Å². The first-order valence-corrected chi connectivity index (χ1v) is 13.3. The number of methoxy groups -OCH3 is 1. The normalized spacial score (nSPS) is 22.0. The van der Waals surface area contributed by atoms with Crippen LogP contribution in [0.3, 0.4) is 0 Å². The van der Waals surface area contributed by atoms with E-state index in [1.807, 2.05) is 20.8 Å². The lowest BCUT2D eigenvalue weighted by atomic mass is 9.84. The molecule has 3 rings (SSSR count). The van der Waals surface area contributed by atoms with Crippen molar-refractivity contribution in [3.05, 3.63) is 17.6 Å². The minimum atomic E-state index is -0.743. The average molecular weight is 518 g/mol. The highest BCUT2D eigenvalue weighted by atomic mass is 16.5. The molecule has 2 N–H and O–H groups in total. The van der Waals surface area contributed by atoms with Crippen molar-refractivity contribution in [3.8, 4) is 0 Å². The van der Waals surface area contributed by atoms with Gasteiger partial charge in [-0.3, -0.25) is 14.4 Å². The van der Waals surface area contributed by atoms with Gasteiger partial charge in [0.2, 0.25) is 12.3 Å². The third kappa shape index (κ3) is 7.95. The molecule has 0 aliphatic carbocycles. The number of piperidine rings is 2. The molecule has 0 bridgehead atoms. The molecule has 0 radical (unpaired) electrons. The molecular weight excluding hydrogens is 474 g/mol. The molecule has 37 heavy (non-hydrogen) atoms. The van der Waals surface area contributed by atoms with Crippen LogP contribution in [0.15, 0.2) is 6.20 Å². The number of likely N-dealkylation sites (tertiary alicyclic amines) is 2. The summed E-state index contributed by atoms with van der Waals surface area (Å²) in [5, 5.41) is 13.5. The monoisotopic (exact) mass is 517 g/mol. The fourth-order valence-corrected chi connectivity index (χ4v) is 5.00. The van der Waals surface area contributed by atoms with E-state index in [1.54, 1.807) is 30.0 Å². The van der Waals surface area contributed by atoms with Crippen molar-refractivity contribution in [2.75, 3.05) is 51.8 Å². The van der Waals surface area contributed by atoms with E-state index in [9.17, 15) is 19.5 Å². The highest BCUT2D eigenvalue weighted by molar-refractivity contribution is 6.00. The molecule has 0 aromatic carbocycles. The largest absolute Gasteiger partial charge is 0.390 e. The van der Waals surface area contributed by atoms with Gasteiger partial charge >= 0.3 is 0 Å². The van der Waals surface area contributed by atoms with E-state index in [0.29, 0.717) is 75.8 Å². The van der Waals surface area contributed by atoms with Crippen LogP contribution < -0.4 is 5.32 Å². The number of rotatable bonds is 10. The zero-order valence-corrected chi connectivity index (χ0v) is 23.0. The summed E-state index contributed by atoms with van der Waals surface area (Å²) in [6.07, 6.45) is 4.95. The molecule has 0 saturated carbocycles. The van der Waals surface area contributed by atoms with Crippen molar-refractivity contribution >= 4 is 23.9 Å². The van der Waals surface area contributed by atoms with Crippen molar-refractivity contribution in [3.63, 3.8) is 0 Å². The highest BCUT2D eigenvalue weighted by Gasteiger charge is 2.37. The number of carbonyl (C=O) groups excluding carboxylic acids is 3. The second kappa shape index (κ2) is 12.3. The van der Waals surface area contributed by atoms with Crippen LogP contribution in [0, 0.1) is 11.8 Å². The maximum atomic E-state index is 13.5. The Morgan fingerprint density at radius 2 is 1.97 bits per heavy atom. The van der Waals surface area contributed by atoms with Gasteiger partial charge < -0.3 is 25.0 Å². The molecule has 2 fully saturated rings. The average Bonchev–Trinajstić information content (AvgIpc) is 2.85. The Balaban J connectivity index is 1.72. The third-order valence-electron chi connectivity index (χ3n) is 7.27.